The molecule has 0 spiro atoms. The normalized spacial score (nSPS) is 15.4. The van der Waals surface area contributed by atoms with Crippen molar-refractivity contribution in [2.45, 2.75) is 149 Å². The van der Waals surface area contributed by atoms with Gasteiger partial charge in [-0.2, -0.15) is 0 Å². The maximum Gasteiger partial charge on any atom is 0.140 e. The van der Waals surface area contributed by atoms with E-state index in [4.69, 9.17) is 0 Å². The molecule has 0 aliphatic carbocycles. The lowest BCUT2D eigenvalue weighted by molar-refractivity contribution is -0.130. The van der Waals surface area contributed by atoms with Gasteiger partial charge in [-0.3, -0.25) is 9.59 Å². The molecule has 0 rings (SSSR count). The third-order valence-corrected chi connectivity index (χ3v) is 5.72. The van der Waals surface area contributed by atoms with Crippen LogP contribution in [0.3, 0.4) is 0 Å². The summed E-state index contributed by atoms with van der Waals surface area (Å²) < 4.78 is 0. The predicted molar refractivity (Wildman–Crippen MR) is 147 cm³/mol. The molecular formula is C29H62O5. The highest BCUT2D eigenvalue weighted by molar-refractivity contribution is 5.84. The van der Waals surface area contributed by atoms with Crippen LogP contribution in [0.4, 0.5) is 0 Å². The SMILES string of the molecule is C.CC(=O)C(C)(C)C.CC(C)(C)C(=O)CC(O)C(C)(C)C.CC(C)(C)C(O)CC(O)C(C)(C)C. The smallest absolute Gasteiger partial charge is 0.140 e. The summed E-state index contributed by atoms with van der Waals surface area (Å²) in [7, 11) is 0. The second-order valence-electron chi connectivity index (χ2n) is 14.6. The Kier molecular flexibility index (Phi) is 17.5. The van der Waals surface area contributed by atoms with Gasteiger partial charge in [0.05, 0.1) is 18.3 Å². The molecule has 0 radical (unpaired) electrons. The summed E-state index contributed by atoms with van der Waals surface area (Å²) in [6.45, 7) is 30.7. The van der Waals surface area contributed by atoms with Crippen molar-refractivity contribution in [1.82, 2.24) is 0 Å². The lowest BCUT2D eigenvalue weighted by atomic mass is 9.79. The fourth-order valence-corrected chi connectivity index (χ4v) is 1.71. The molecule has 0 aromatic heterocycles. The second-order valence-corrected chi connectivity index (χ2v) is 14.6. The summed E-state index contributed by atoms with van der Waals surface area (Å²) >= 11 is 0. The molecule has 0 aromatic rings. The standard InChI is InChI=1S/C11H24O2.C11H22O2.C6H12O.CH4/c2*1-10(2,3)8(12)7-9(13)11(4,5)6;1-5(7)6(2,3)4;/h8-9,12-13H,7H2,1-6H3;8,12H,7H2,1-6H3;1-4H3;1H4. The summed E-state index contributed by atoms with van der Waals surface area (Å²) in [6.07, 6.45) is -0.720. The van der Waals surface area contributed by atoms with Gasteiger partial charge >= 0.3 is 0 Å². The Hall–Kier alpha value is -0.780. The van der Waals surface area contributed by atoms with Crippen LogP contribution >= 0.6 is 0 Å². The summed E-state index contributed by atoms with van der Waals surface area (Å²) in [5.74, 6) is 0.363. The molecule has 0 heterocycles. The molecule has 5 nitrogen and oxygen atoms in total. The van der Waals surface area contributed by atoms with Crippen molar-refractivity contribution in [3.05, 3.63) is 0 Å². The minimum atomic E-state index is -0.542. The van der Waals surface area contributed by atoms with Crippen LogP contribution in [-0.4, -0.2) is 45.2 Å². The number of hydrogen-bond acceptors (Lipinski definition) is 5. The number of hydrogen-bond donors (Lipinski definition) is 3. The third kappa shape index (κ3) is 20.6. The minimum absolute atomic E-state index is 0. The molecule has 3 N–H and O–H groups in total. The van der Waals surface area contributed by atoms with E-state index in [-0.39, 0.29) is 52.5 Å². The first-order valence-electron chi connectivity index (χ1n) is 12.1. The van der Waals surface area contributed by atoms with Crippen molar-refractivity contribution in [2.24, 2.45) is 27.1 Å². The summed E-state index contributed by atoms with van der Waals surface area (Å²) in [6, 6.07) is 0. The number of aliphatic hydroxyl groups is 3. The van der Waals surface area contributed by atoms with Gasteiger partial charge in [0.25, 0.3) is 0 Å². The van der Waals surface area contributed by atoms with Crippen LogP contribution in [0.2, 0.25) is 0 Å². The monoisotopic (exact) mass is 490 g/mol. The molecular weight excluding hydrogens is 428 g/mol. The molecule has 5 heteroatoms. The van der Waals surface area contributed by atoms with Gasteiger partial charge in [-0.1, -0.05) is 111 Å². The molecule has 0 aliphatic rings. The van der Waals surface area contributed by atoms with E-state index in [1.165, 1.54) is 0 Å². The van der Waals surface area contributed by atoms with E-state index >= 15 is 0 Å². The van der Waals surface area contributed by atoms with Gasteiger partial charge in [-0.05, 0) is 23.2 Å². The van der Waals surface area contributed by atoms with E-state index in [1.54, 1.807) is 6.92 Å². The quantitative estimate of drug-likeness (QED) is 0.401. The van der Waals surface area contributed by atoms with Crippen molar-refractivity contribution < 1.29 is 24.9 Å². The molecule has 0 amide bonds. The molecule has 208 valence electrons. The highest BCUT2D eigenvalue weighted by atomic mass is 16.3. The molecule has 0 aliphatic heterocycles. The van der Waals surface area contributed by atoms with Crippen LogP contribution in [0.5, 0.6) is 0 Å². The van der Waals surface area contributed by atoms with Crippen molar-refractivity contribution in [3.8, 4) is 0 Å². The zero-order valence-electron chi connectivity index (χ0n) is 24.8. The highest BCUT2D eigenvalue weighted by Gasteiger charge is 2.30. The first-order valence-corrected chi connectivity index (χ1v) is 12.1. The van der Waals surface area contributed by atoms with Gasteiger partial charge in [0.2, 0.25) is 0 Å². The third-order valence-electron chi connectivity index (χ3n) is 5.72. The van der Waals surface area contributed by atoms with Crippen LogP contribution in [0.15, 0.2) is 0 Å². The lowest BCUT2D eigenvalue weighted by Gasteiger charge is -2.32. The Morgan fingerprint density at radius 2 is 0.794 bits per heavy atom. The van der Waals surface area contributed by atoms with E-state index in [9.17, 15) is 24.9 Å². The maximum absolute atomic E-state index is 11.6. The van der Waals surface area contributed by atoms with Crippen molar-refractivity contribution in [3.63, 3.8) is 0 Å². The zero-order valence-corrected chi connectivity index (χ0v) is 24.8. The van der Waals surface area contributed by atoms with Crippen molar-refractivity contribution >= 4 is 11.6 Å². The fraction of sp³-hybridized carbons (Fsp3) is 0.931. The molecule has 3 atom stereocenters. The topological polar surface area (TPSA) is 94.8 Å². The number of carbonyl (C=O) groups is 2. The van der Waals surface area contributed by atoms with Gasteiger partial charge in [0.15, 0.2) is 0 Å². The fourth-order valence-electron chi connectivity index (χ4n) is 1.71. The van der Waals surface area contributed by atoms with E-state index in [1.807, 2.05) is 104 Å². The highest BCUT2D eigenvalue weighted by Crippen LogP contribution is 2.29. The Labute approximate surface area is 213 Å². The van der Waals surface area contributed by atoms with Gasteiger partial charge in [-0.25, -0.2) is 0 Å². The number of ketones is 2. The Balaban J connectivity index is -0.000000205. The minimum Gasteiger partial charge on any atom is -0.392 e. The van der Waals surface area contributed by atoms with Gasteiger partial charge in [0.1, 0.15) is 11.6 Å². The molecule has 0 aromatic carbocycles. The summed E-state index contributed by atoms with van der Waals surface area (Å²) in [5.41, 5.74) is -0.981. The molecule has 3 unspecified atom stereocenters. The van der Waals surface area contributed by atoms with E-state index in [0.717, 1.165) is 0 Å². The molecule has 34 heavy (non-hydrogen) atoms. The zero-order chi connectivity index (χ0) is 27.8. The van der Waals surface area contributed by atoms with E-state index in [0.29, 0.717) is 6.42 Å². The second kappa shape index (κ2) is 14.7. The maximum atomic E-state index is 11.6. The van der Waals surface area contributed by atoms with Crippen LogP contribution in [0.25, 0.3) is 0 Å². The number of Topliss-reactive ketones (excluding diaryl/α,β-unsaturated/α-hetero) is 2. The average molecular weight is 491 g/mol. The van der Waals surface area contributed by atoms with Gasteiger partial charge < -0.3 is 15.3 Å². The van der Waals surface area contributed by atoms with Gasteiger partial charge in [-0.15, -0.1) is 0 Å². The van der Waals surface area contributed by atoms with Gasteiger partial charge in [0, 0.05) is 23.7 Å². The van der Waals surface area contributed by atoms with Crippen molar-refractivity contribution in [1.29, 1.82) is 0 Å². The van der Waals surface area contributed by atoms with Crippen LogP contribution in [-0.2, 0) is 9.59 Å². The Morgan fingerprint density at radius 3 is 0.941 bits per heavy atom. The van der Waals surface area contributed by atoms with E-state index < -0.39 is 18.3 Å². The van der Waals surface area contributed by atoms with Crippen molar-refractivity contribution in [2.75, 3.05) is 0 Å². The Bertz CT molecular complexity index is 554. The molecule has 0 saturated carbocycles. The lowest BCUT2D eigenvalue weighted by Crippen LogP contribution is -2.35. The predicted octanol–water partition coefficient (Wildman–Crippen LogP) is 6.85. The molecule has 0 saturated heterocycles. The van der Waals surface area contributed by atoms with E-state index in [2.05, 4.69) is 0 Å². The summed E-state index contributed by atoms with van der Waals surface area (Å²) in [4.78, 5) is 22.0. The molecule has 0 fully saturated rings. The first-order chi connectivity index (χ1) is 14.0. The first kappa shape index (κ1) is 40.4. The average Bonchev–Trinajstić information content (AvgIpc) is 2.51. The van der Waals surface area contributed by atoms with Crippen LogP contribution in [0, 0.1) is 27.1 Å². The number of carbonyl (C=O) groups excluding carboxylic acids is 2. The van der Waals surface area contributed by atoms with Crippen LogP contribution in [0.1, 0.15) is 131 Å². The Morgan fingerprint density at radius 1 is 0.559 bits per heavy atom. The molecule has 0 bridgehead atoms. The van der Waals surface area contributed by atoms with Crippen LogP contribution < -0.4 is 0 Å². The largest absolute Gasteiger partial charge is 0.392 e. The summed E-state index contributed by atoms with van der Waals surface area (Å²) in [5, 5.41) is 29.2. The number of aliphatic hydroxyl groups excluding tert-OH is 3. The number of rotatable bonds is 4.